The van der Waals surface area contributed by atoms with E-state index in [1.165, 1.54) is 0 Å². The van der Waals surface area contributed by atoms with E-state index in [4.69, 9.17) is 6.11 Å². The third-order valence-corrected chi connectivity index (χ3v) is 2.01. The average Bonchev–Trinajstić information content (AvgIpc) is 2.20. The highest BCUT2D eigenvalue weighted by atomic mass is 16.5. The number of rotatable bonds is 1. The van der Waals surface area contributed by atoms with Gasteiger partial charge >= 0.3 is 0 Å². The van der Waals surface area contributed by atoms with Gasteiger partial charge in [-0.05, 0) is 5.56 Å². The van der Waals surface area contributed by atoms with E-state index in [0.29, 0.717) is 6.04 Å². The van der Waals surface area contributed by atoms with Crippen LogP contribution in [0, 0.1) is 0 Å². The summed E-state index contributed by atoms with van der Waals surface area (Å²) in [6.45, 7) is 2.46. The Balaban J connectivity index is 2.18. The van der Waals surface area contributed by atoms with Crippen molar-refractivity contribution in [1.82, 2.24) is 5.32 Å². The third-order valence-electron chi connectivity index (χ3n) is 2.01. The molecule has 1 fully saturated rings. The minimum Gasteiger partial charge on any atom is -0.371 e. The molecule has 0 aromatic heterocycles. The summed E-state index contributed by atoms with van der Waals surface area (Å²) in [6.07, 6.45) is 0.0578. The van der Waals surface area contributed by atoms with Crippen LogP contribution in [0.15, 0.2) is 30.3 Å². The summed E-state index contributed by atoms with van der Waals surface area (Å²) in [4.78, 5) is 0. The lowest BCUT2D eigenvalue weighted by molar-refractivity contribution is 0.0277. The lowest BCUT2D eigenvalue weighted by atomic mass is 10.1. The molecule has 0 amide bonds. The predicted octanol–water partition coefficient (Wildman–Crippen LogP) is 1.35. The van der Waals surface area contributed by atoms with Gasteiger partial charge in [0, 0.05) is 13.1 Å². The first kappa shape index (κ1) is 6.63. The van der Waals surface area contributed by atoms with Gasteiger partial charge < -0.3 is 10.1 Å². The van der Waals surface area contributed by atoms with Crippen LogP contribution in [-0.4, -0.2) is 19.7 Å². The second kappa shape index (κ2) is 3.70. The molecular weight excluding hydrogens is 150 g/mol. The number of hydrogen-bond donors (Lipinski definition) is 1. The van der Waals surface area contributed by atoms with Crippen LogP contribution >= 0.6 is 0 Å². The molecule has 2 nitrogen and oxygen atoms in total. The number of nitrogens with one attached hydrogen (secondary N) is 1. The Morgan fingerprint density at radius 2 is 2.50 bits per heavy atom. The minimum atomic E-state index is 0.0578. The monoisotopic (exact) mass is 164 g/mol. The topological polar surface area (TPSA) is 21.3 Å². The SMILES string of the molecule is [2H]c1ccccc1[C@H]1CNCCO1. The van der Waals surface area contributed by atoms with Crippen LogP contribution < -0.4 is 5.32 Å². The van der Waals surface area contributed by atoms with Gasteiger partial charge in [0.25, 0.3) is 0 Å². The first-order valence-electron chi connectivity index (χ1n) is 4.76. The van der Waals surface area contributed by atoms with E-state index in [0.717, 1.165) is 25.3 Å². The van der Waals surface area contributed by atoms with Gasteiger partial charge in [0.2, 0.25) is 0 Å². The molecule has 0 aliphatic carbocycles. The Hall–Kier alpha value is -0.860. The Morgan fingerprint density at radius 3 is 3.25 bits per heavy atom. The highest BCUT2D eigenvalue weighted by Crippen LogP contribution is 2.17. The normalized spacial score (nSPS) is 25.0. The second-order valence-electron chi connectivity index (χ2n) is 2.88. The molecular formula is C10H13NO. The summed E-state index contributed by atoms with van der Waals surface area (Å²) < 4.78 is 13.3. The van der Waals surface area contributed by atoms with Gasteiger partial charge in [-0.3, -0.25) is 0 Å². The quantitative estimate of drug-likeness (QED) is 0.676. The number of ether oxygens (including phenoxy) is 1. The summed E-state index contributed by atoms with van der Waals surface area (Å²) >= 11 is 0. The third kappa shape index (κ3) is 1.65. The standard InChI is InChI=1S/C10H13NO/c1-2-4-9(5-3-1)10-8-11-6-7-12-10/h1-5,10-11H,6-8H2/t10-/m1/s1/i4D. The van der Waals surface area contributed by atoms with E-state index < -0.39 is 0 Å². The summed E-state index contributed by atoms with van der Waals surface area (Å²) in [5.41, 5.74) is 0.981. The van der Waals surface area contributed by atoms with Gasteiger partial charge in [0.05, 0.1) is 14.1 Å². The van der Waals surface area contributed by atoms with Gasteiger partial charge in [-0.2, -0.15) is 0 Å². The lowest BCUT2D eigenvalue weighted by Gasteiger charge is -2.23. The smallest absolute Gasteiger partial charge is 0.0949 e. The number of benzene rings is 1. The molecule has 64 valence electrons. The Labute approximate surface area is 74.0 Å². The number of hydrogen-bond acceptors (Lipinski definition) is 2. The van der Waals surface area contributed by atoms with Gasteiger partial charge in [-0.15, -0.1) is 0 Å². The molecule has 1 saturated heterocycles. The second-order valence-corrected chi connectivity index (χ2v) is 2.88. The molecule has 1 aliphatic heterocycles. The van der Waals surface area contributed by atoms with Gasteiger partial charge in [-0.1, -0.05) is 30.3 Å². The fourth-order valence-corrected chi connectivity index (χ4v) is 1.37. The van der Waals surface area contributed by atoms with Crippen LogP contribution in [0.4, 0.5) is 0 Å². The van der Waals surface area contributed by atoms with Crippen molar-refractivity contribution in [3.8, 4) is 0 Å². The molecule has 0 unspecified atom stereocenters. The molecule has 0 radical (unpaired) electrons. The minimum absolute atomic E-state index is 0.0578. The van der Waals surface area contributed by atoms with Gasteiger partial charge in [-0.25, -0.2) is 0 Å². The molecule has 0 spiro atoms. The zero-order chi connectivity index (χ0) is 9.10. The maximum absolute atomic E-state index is 7.70. The van der Waals surface area contributed by atoms with Gasteiger partial charge in [0.1, 0.15) is 0 Å². The van der Waals surface area contributed by atoms with E-state index in [-0.39, 0.29) is 6.10 Å². The molecule has 1 aliphatic rings. The first-order chi connectivity index (χ1) is 6.38. The molecule has 1 atom stereocenters. The van der Waals surface area contributed by atoms with Crippen molar-refractivity contribution >= 4 is 0 Å². The van der Waals surface area contributed by atoms with Crippen LogP contribution in [0.25, 0.3) is 0 Å². The highest BCUT2D eigenvalue weighted by Gasteiger charge is 2.14. The van der Waals surface area contributed by atoms with Crippen LogP contribution in [0.5, 0.6) is 0 Å². The molecule has 1 aromatic rings. The van der Waals surface area contributed by atoms with Crippen LogP contribution in [-0.2, 0) is 4.74 Å². The summed E-state index contributed by atoms with van der Waals surface area (Å²) in [5, 5.41) is 3.25. The first-order valence-corrected chi connectivity index (χ1v) is 4.26. The van der Waals surface area contributed by atoms with Crippen LogP contribution in [0.1, 0.15) is 13.0 Å². The maximum atomic E-state index is 7.70. The zero-order valence-corrected chi connectivity index (χ0v) is 6.92. The molecule has 1 N–H and O–H groups in total. The van der Waals surface area contributed by atoms with E-state index in [1.54, 1.807) is 6.07 Å². The average molecular weight is 164 g/mol. The highest BCUT2D eigenvalue weighted by molar-refractivity contribution is 5.18. The molecule has 2 heteroatoms. The van der Waals surface area contributed by atoms with E-state index in [2.05, 4.69) is 5.32 Å². The Bertz CT molecular complexity index is 284. The molecule has 1 aromatic carbocycles. The maximum Gasteiger partial charge on any atom is 0.0949 e. The van der Waals surface area contributed by atoms with E-state index in [1.807, 2.05) is 18.2 Å². The summed E-state index contributed by atoms with van der Waals surface area (Å²) in [5.74, 6) is 0. The van der Waals surface area contributed by atoms with Crippen molar-refractivity contribution in [3.63, 3.8) is 0 Å². The van der Waals surface area contributed by atoms with Crippen molar-refractivity contribution < 1.29 is 6.11 Å². The van der Waals surface area contributed by atoms with E-state index in [9.17, 15) is 0 Å². The molecule has 2 rings (SSSR count). The molecule has 0 saturated carbocycles. The molecule has 12 heavy (non-hydrogen) atoms. The van der Waals surface area contributed by atoms with E-state index >= 15 is 0 Å². The van der Waals surface area contributed by atoms with Crippen molar-refractivity contribution in [2.45, 2.75) is 6.10 Å². The molecule has 1 heterocycles. The summed E-state index contributed by atoms with van der Waals surface area (Å²) in [7, 11) is 0. The molecule has 0 bridgehead atoms. The van der Waals surface area contributed by atoms with Crippen molar-refractivity contribution in [2.75, 3.05) is 19.7 Å². The summed E-state index contributed by atoms with van der Waals surface area (Å²) in [6, 6.07) is 8.15. The zero-order valence-electron chi connectivity index (χ0n) is 7.92. The fourth-order valence-electron chi connectivity index (χ4n) is 1.37. The van der Waals surface area contributed by atoms with Gasteiger partial charge in [0.15, 0.2) is 0 Å². The van der Waals surface area contributed by atoms with Crippen molar-refractivity contribution in [3.05, 3.63) is 35.9 Å². The number of morpholine rings is 1. The van der Waals surface area contributed by atoms with Crippen molar-refractivity contribution in [2.24, 2.45) is 0 Å². The predicted molar refractivity (Wildman–Crippen MR) is 48.0 cm³/mol. The van der Waals surface area contributed by atoms with Crippen molar-refractivity contribution in [1.29, 1.82) is 0 Å². The lowest BCUT2D eigenvalue weighted by Crippen LogP contribution is -2.33. The fraction of sp³-hybridized carbons (Fsp3) is 0.400. The van der Waals surface area contributed by atoms with Crippen LogP contribution in [0.3, 0.4) is 0 Å². The largest absolute Gasteiger partial charge is 0.371 e. The Kier molecular flexibility index (Phi) is 2.04. The van der Waals surface area contributed by atoms with Crippen LogP contribution in [0.2, 0.25) is 0 Å². The Morgan fingerprint density at radius 1 is 1.50 bits per heavy atom.